The normalized spacial score (nSPS) is 16.4. The largest absolute Gasteiger partial charge is 0.378 e. The molecule has 1 aliphatic heterocycles. The molecule has 2 rings (SSSR count). The molecule has 0 saturated carbocycles. The van der Waals surface area contributed by atoms with E-state index in [1.165, 1.54) is 0 Å². The Labute approximate surface area is 129 Å². The molecule has 1 fully saturated rings. The fourth-order valence-electron chi connectivity index (χ4n) is 2.14. The van der Waals surface area contributed by atoms with Gasteiger partial charge in [-0.3, -0.25) is 9.59 Å². The second kappa shape index (κ2) is 7.43. The number of hydrogen-bond donors (Lipinski definition) is 1. The van der Waals surface area contributed by atoms with Gasteiger partial charge in [-0.25, -0.2) is 0 Å². The maximum Gasteiger partial charge on any atom is 0.251 e. The SMILES string of the molecule is CC(NC(=O)c1ccc(CCl)cc1)C(=O)N1CCOCC1. The van der Waals surface area contributed by atoms with Crippen molar-refractivity contribution in [1.82, 2.24) is 10.2 Å². The predicted octanol–water partition coefficient (Wildman–Crippen LogP) is 1.40. The van der Waals surface area contributed by atoms with Crippen LogP contribution in [-0.2, 0) is 15.4 Å². The van der Waals surface area contributed by atoms with Gasteiger partial charge in [0.25, 0.3) is 5.91 Å². The van der Waals surface area contributed by atoms with Crippen molar-refractivity contribution < 1.29 is 14.3 Å². The van der Waals surface area contributed by atoms with E-state index in [0.717, 1.165) is 5.56 Å². The summed E-state index contributed by atoms with van der Waals surface area (Å²) in [7, 11) is 0. The molecule has 1 saturated heterocycles. The molecule has 5 nitrogen and oxygen atoms in total. The van der Waals surface area contributed by atoms with Gasteiger partial charge in [-0.2, -0.15) is 0 Å². The fourth-order valence-corrected chi connectivity index (χ4v) is 2.32. The smallest absolute Gasteiger partial charge is 0.251 e. The van der Waals surface area contributed by atoms with Crippen LogP contribution >= 0.6 is 11.6 Å². The number of rotatable bonds is 4. The molecule has 0 bridgehead atoms. The highest BCUT2D eigenvalue weighted by molar-refractivity contribution is 6.17. The van der Waals surface area contributed by atoms with Gasteiger partial charge in [-0.05, 0) is 24.6 Å². The number of hydrogen-bond acceptors (Lipinski definition) is 3. The molecule has 1 N–H and O–H groups in total. The number of ether oxygens (including phenoxy) is 1. The lowest BCUT2D eigenvalue weighted by Gasteiger charge is -2.29. The Kier molecular flexibility index (Phi) is 5.59. The highest BCUT2D eigenvalue weighted by Gasteiger charge is 2.23. The molecule has 0 aromatic heterocycles. The summed E-state index contributed by atoms with van der Waals surface area (Å²) in [5.74, 6) is 0.0719. The van der Waals surface area contributed by atoms with Crippen LogP contribution in [0.25, 0.3) is 0 Å². The summed E-state index contributed by atoms with van der Waals surface area (Å²) in [6.07, 6.45) is 0. The first-order valence-electron chi connectivity index (χ1n) is 6.94. The Morgan fingerprint density at radius 3 is 2.48 bits per heavy atom. The quantitative estimate of drug-likeness (QED) is 0.855. The average Bonchev–Trinajstić information content (AvgIpc) is 2.55. The van der Waals surface area contributed by atoms with Crippen LogP contribution in [0.3, 0.4) is 0 Å². The molecule has 1 unspecified atom stereocenters. The van der Waals surface area contributed by atoms with Crippen molar-refractivity contribution in [3.8, 4) is 0 Å². The molecule has 1 atom stereocenters. The van der Waals surface area contributed by atoms with E-state index < -0.39 is 6.04 Å². The predicted molar refractivity (Wildman–Crippen MR) is 80.3 cm³/mol. The van der Waals surface area contributed by atoms with Crippen molar-refractivity contribution in [2.45, 2.75) is 18.8 Å². The van der Waals surface area contributed by atoms with Crippen LogP contribution in [-0.4, -0.2) is 49.1 Å². The number of carbonyl (C=O) groups excluding carboxylic acids is 2. The van der Waals surface area contributed by atoms with E-state index in [-0.39, 0.29) is 11.8 Å². The van der Waals surface area contributed by atoms with E-state index in [4.69, 9.17) is 16.3 Å². The summed E-state index contributed by atoms with van der Waals surface area (Å²) in [6.45, 7) is 3.94. The summed E-state index contributed by atoms with van der Waals surface area (Å²) < 4.78 is 5.21. The van der Waals surface area contributed by atoms with Crippen LogP contribution < -0.4 is 5.32 Å². The van der Waals surface area contributed by atoms with Crippen molar-refractivity contribution in [2.24, 2.45) is 0 Å². The number of halogens is 1. The second-order valence-corrected chi connectivity index (χ2v) is 5.23. The molecule has 0 radical (unpaired) electrons. The summed E-state index contributed by atoms with van der Waals surface area (Å²) in [6, 6.07) is 6.47. The van der Waals surface area contributed by atoms with Gasteiger partial charge in [0.2, 0.25) is 5.91 Å². The Morgan fingerprint density at radius 2 is 1.90 bits per heavy atom. The number of nitrogens with zero attached hydrogens (tertiary/aromatic N) is 1. The molecule has 1 aliphatic rings. The van der Waals surface area contributed by atoms with E-state index in [9.17, 15) is 9.59 Å². The van der Waals surface area contributed by atoms with Crippen molar-refractivity contribution in [1.29, 1.82) is 0 Å². The van der Waals surface area contributed by atoms with Gasteiger partial charge in [0, 0.05) is 24.5 Å². The van der Waals surface area contributed by atoms with Gasteiger partial charge in [0.1, 0.15) is 6.04 Å². The molecule has 1 heterocycles. The van der Waals surface area contributed by atoms with Crippen molar-refractivity contribution in [3.05, 3.63) is 35.4 Å². The summed E-state index contributed by atoms with van der Waals surface area (Å²) in [5, 5.41) is 2.73. The first-order chi connectivity index (χ1) is 10.1. The first kappa shape index (κ1) is 15.8. The highest BCUT2D eigenvalue weighted by atomic mass is 35.5. The van der Waals surface area contributed by atoms with Gasteiger partial charge < -0.3 is 15.0 Å². The van der Waals surface area contributed by atoms with Crippen LogP contribution in [0.2, 0.25) is 0 Å². The zero-order valence-corrected chi connectivity index (χ0v) is 12.7. The monoisotopic (exact) mass is 310 g/mol. The molecule has 21 heavy (non-hydrogen) atoms. The standard InChI is InChI=1S/C15H19ClN2O3/c1-11(15(20)18-6-8-21-9-7-18)17-14(19)13-4-2-12(10-16)3-5-13/h2-5,11H,6-10H2,1H3,(H,17,19). The molecule has 2 amide bonds. The van der Waals surface area contributed by atoms with Crippen molar-refractivity contribution in [3.63, 3.8) is 0 Å². The fraction of sp³-hybridized carbons (Fsp3) is 0.467. The third kappa shape index (κ3) is 4.19. The Balaban J connectivity index is 1.92. The Hall–Kier alpha value is -1.59. The Morgan fingerprint density at radius 1 is 1.29 bits per heavy atom. The number of morpholine rings is 1. The number of nitrogens with one attached hydrogen (secondary N) is 1. The minimum absolute atomic E-state index is 0.0796. The average molecular weight is 311 g/mol. The molecule has 1 aromatic carbocycles. The molecular formula is C15H19ClN2O3. The summed E-state index contributed by atoms with van der Waals surface area (Å²) >= 11 is 5.71. The Bertz CT molecular complexity index is 498. The number of alkyl halides is 1. The lowest BCUT2D eigenvalue weighted by molar-refractivity contribution is -0.136. The maximum atomic E-state index is 12.2. The van der Waals surface area contributed by atoms with Crippen LogP contribution in [0.4, 0.5) is 0 Å². The van der Waals surface area contributed by atoms with Crippen LogP contribution in [0, 0.1) is 0 Å². The first-order valence-corrected chi connectivity index (χ1v) is 7.47. The zero-order valence-electron chi connectivity index (χ0n) is 12.0. The molecule has 0 aliphatic carbocycles. The van der Waals surface area contributed by atoms with Crippen molar-refractivity contribution in [2.75, 3.05) is 26.3 Å². The maximum absolute atomic E-state index is 12.2. The zero-order chi connectivity index (χ0) is 15.2. The van der Waals surface area contributed by atoms with Crippen molar-refractivity contribution >= 4 is 23.4 Å². The van der Waals surface area contributed by atoms with E-state index in [2.05, 4.69) is 5.32 Å². The highest BCUT2D eigenvalue weighted by Crippen LogP contribution is 2.08. The van der Waals surface area contributed by atoms with E-state index in [1.54, 1.807) is 36.1 Å². The van der Waals surface area contributed by atoms with Crippen LogP contribution in [0.15, 0.2) is 24.3 Å². The minimum Gasteiger partial charge on any atom is -0.378 e. The lowest BCUT2D eigenvalue weighted by atomic mass is 10.1. The van der Waals surface area contributed by atoms with Gasteiger partial charge in [0.15, 0.2) is 0 Å². The second-order valence-electron chi connectivity index (χ2n) is 4.96. The van der Waals surface area contributed by atoms with Gasteiger partial charge in [-0.15, -0.1) is 11.6 Å². The number of amides is 2. The molecule has 6 heteroatoms. The molecule has 0 spiro atoms. The topological polar surface area (TPSA) is 58.6 Å². The number of benzene rings is 1. The van der Waals surface area contributed by atoms with Gasteiger partial charge in [-0.1, -0.05) is 12.1 Å². The third-order valence-corrected chi connectivity index (χ3v) is 3.72. The molecule has 114 valence electrons. The van der Waals surface area contributed by atoms with E-state index >= 15 is 0 Å². The minimum atomic E-state index is -0.552. The van der Waals surface area contributed by atoms with E-state index in [0.29, 0.717) is 37.7 Å². The van der Waals surface area contributed by atoms with Crippen LogP contribution in [0.1, 0.15) is 22.8 Å². The summed E-state index contributed by atoms with van der Waals surface area (Å²) in [5.41, 5.74) is 1.47. The summed E-state index contributed by atoms with van der Waals surface area (Å²) in [4.78, 5) is 26.0. The van der Waals surface area contributed by atoms with Gasteiger partial charge in [0.05, 0.1) is 13.2 Å². The van der Waals surface area contributed by atoms with E-state index in [1.807, 2.05) is 0 Å². The molecular weight excluding hydrogens is 292 g/mol. The lowest BCUT2D eigenvalue weighted by Crippen LogP contribution is -2.50. The van der Waals surface area contributed by atoms with Gasteiger partial charge >= 0.3 is 0 Å². The van der Waals surface area contributed by atoms with Crippen LogP contribution in [0.5, 0.6) is 0 Å². The number of carbonyl (C=O) groups is 2. The molecule has 1 aromatic rings. The third-order valence-electron chi connectivity index (χ3n) is 3.41.